The molecule has 0 fully saturated rings. The maximum atomic E-state index is 13.6. The van der Waals surface area contributed by atoms with Gasteiger partial charge >= 0.3 is 0 Å². The Balaban J connectivity index is 1.76. The molecule has 0 saturated carbocycles. The SMILES string of the molecule is CCCCSc1nc2n(n1)C(c1ccc(O)c(OCC)c1)C(C(=O)Nc1cccc(C)c1)=C(C)N2. The Morgan fingerprint density at radius 3 is 2.80 bits per heavy atom. The summed E-state index contributed by atoms with van der Waals surface area (Å²) in [4.78, 5) is 18.3. The number of benzene rings is 2. The number of anilines is 2. The smallest absolute Gasteiger partial charge is 0.255 e. The molecule has 1 aromatic heterocycles. The molecule has 3 aromatic rings. The molecule has 35 heavy (non-hydrogen) atoms. The van der Waals surface area contributed by atoms with Crippen LogP contribution in [0.25, 0.3) is 0 Å². The van der Waals surface area contributed by atoms with Crippen molar-refractivity contribution in [2.24, 2.45) is 0 Å². The van der Waals surface area contributed by atoms with E-state index in [9.17, 15) is 9.90 Å². The fourth-order valence-corrected chi connectivity index (χ4v) is 4.91. The van der Waals surface area contributed by atoms with Crippen molar-refractivity contribution in [1.82, 2.24) is 14.8 Å². The first-order valence-corrected chi connectivity index (χ1v) is 12.8. The van der Waals surface area contributed by atoms with E-state index in [4.69, 9.17) is 9.84 Å². The van der Waals surface area contributed by atoms with E-state index in [1.807, 2.05) is 45.0 Å². The van der Waals surface area contributed by atoms with Crippen LogP contribution in [0.5, 0.6) is 11.5 Å². The molecule has 2 aromatic carbocycles. The first kappa shape index (κ1) is 24.7. The number of hydrogen-bond acceptors (Lipinski definition) is 7. The molecule has 9 heteroatoms. The number of nitrogens with one attached hydrogen (secondary N) is 2. The molecule has 1 unspecified atom stereocenters. The lowest BCUT2D eigenvalue weighted by atomic mass is 9.94. The third-order valence-corrected chi connectivity index (χ3v) is 6.61. The van der Waals surface area contributed by atoms with Gasteiger partial charge in [0.2, 0.25) is 11.1 Å². The second-order valence-corrected chi connectivity index (χ2v) is 9.48. The Morgan fingerprint density at radius 1 is 1.23 bits per heavy atom. The Bertz CT molecular complexity index is 1250. The number of allylic oxidation sites excluding steroid dienone is 1. The Kier molecular flexibility index (Phi) is 7.65. The van der Waals surface area contributed by atoms with Gasteiger partial charge in [-0.2, -0.15) is 4.98 Å². The third kappa shape index (κ3) is 5.45. The average molecular weight is 494 g/mol. The van der Waals surface area contributed by atoms with Crippen molar-refractivity contribution in [2.45, 2.75) is 51.7 Å². The molecule has 0 spiro atoms. The van der Waals surface area contributed by atoms with Crippen molar-refractivity contribution in [2.75, 3.05) is 23.0 Å². The summed E-state index contributed by atoms with van der Waals surface area (Å²) in [6.07, 6.45) is 2.17. The molecule has 0 bridgehead atoms. The van der Waals surface area contributed by atoms with Crippen LogP contribution in [0.1, 0.15) is 50.8 Å². The minimum absolute atomic E-state index is 0.0469. The van der Waals surface area contributed by atoms with Crippen LogP contribution in [0, 0.1) is 6.92 Å². The monoisotopic (exact) mass is 493 g/mol. The predicted molar refractivity (Wildman–Crippen MR) is 139 cm³/mol. The van der Waals surface area contributed by atoms with Gasteiger partial charge in [-0.3, -0.25) is 4.79 Å². The van der Waals surface area contributed by atoms with Crippen molar-refractivity contribution in [3.8, 4) is 11.5 Å². The number of nitrogens with zero attached hydrogens (tertiary/aromatic N) is 3. The molecule has 1 aliphatic heterocycles. The van der Waals surface area contributed by atoms with Gasteiger partial charge in [0.05, 0.1) is 12.2 Å². The van der Waals surface area contributed by atoms with Crippen LogP contribution in [-0.2, 0) is 4.79 Å². The summed E-state index contributed by atoms with van der Waals surface area (Å²) in [5, 5.41) is 22.0. The van der Waals surface area contributed by atoms with Crippen molar-refractivity contribution in [3.05, 3.63) is 64.9 Å². The fraction of sp³-hybridized carbons (Fsp3) is 0.346. The molecular weight excluding hydrogens is 462 g/mol. The fourth-order valence-electron chi connectivity index (χ4n) is 4.00. The zero-order chi connectivity index (χ0) is 24.9. The lowest BCUT2D eigenvalue weighted by Gasteiger charge is -2.29. The van der Waals surface area contributed by atoms with E-state index in [-0.39, 0.29) is 11.7 Å². The highest BCUT2D eigenvalue weighted by Gasteiger charge is 2.35. The summed E-state index contributed by atoms with van der Waals surface area (Å²) in [6.45, 7) is 8.26. The summed E-state index contributed by atoms with van der Waals surface area (Å²) in [7, 11) is 0. The van der Waals surface area contributed by atoms with E-state index >= 15 is 0 Å². The Hall–Kier alpha value is -3.46. The largest absolute Gasteiger partial charge is 0.504 e. The second kappa shape index (κ2) is 10.9. The summed E-state index contributed by atoms with van der Waals surface area (Å²) >= 11 is 1.60. The number of aromatic nitrogens is 3. The van der Waals surface area contributed by atoms with Crippen molar-refractivity contribution >= 4 is 29.3 Å². The predicted octanol–water partition coefficient (Wildman–Crippen LogP) is 5.51. The van der Waals surface area contributed by atoms with Gasteiger partial charge < -0.3 is 20.5 Å². The van der Waals surface area contributed by atoms with Crippen LogP contribution in [0.2, 0.25) is 0 Å². The number of fused-ring (bicyclic) bond motifs is 1. The van der Waals surface area contributed by atoms with E-state index < -0.39 is 6.04 Å². The van der Waals surface area contributed by atoms with Crippen LogP contribution in [0.3, 0.4) is 0 Å². The number of phenolic OH excluding ortho intramolecular Hbond substituents is 1. The number of phenols is 1. The number of thioether (sulfide) groups is 1. The first-order chi connectivity index (χ1) is 16.9. The van der Waals surface area contributed by atoms with Gasteiger partial charge in [-0.15, -0.1) is 5.10 Å². The van der Waals surface area contributed by atoms with Gasteiger partial charge in [0.1, 0.15) is 6.04 Å². The molecule has 8 nitrogen and oxygen atoms in total. The van der Waals surface area contributed by atoms with Crippen LogP contribution < -0.4 is 15.4 Å². The lowest BCUT2D eigenvalue weighted by Crippen LogP contribution is -2.31. The average Bonchev–Trinajstić information content (AvgIpc) is 3.22. The Morgan fingerprint density at radius 2 is 2.06 bits per heavy atom. The molecule has 3 N–H and O–H groups in total. The van der Waals surface area contributed by atoms with E-state index in [2.05, 4.69) is 22.5 Å². The standard InChI is InChI=1S/C26H31N5O3S/c1-5-7-13-35-26-29-25-27-17(4)22(24(33)28-19-10-8-9-16(3)14-19)23(31(25)30-26)18-11-12-20(32)21(15-18)34-6-2/h8-12,14-15,23,32H,5-7,13H2,1-4H3,(H,28,33)(H,27,29,30). The van der Waals surface area contributed by atoms with Crippen molar-refractivity contribution < 1.29 is 14.6 Å². The van der Waals surface area contributed by atoms with Gasteiger partial charge in [-0.1, -0.05) is 43.3 Å². The number of rotatable bonds is 9. The number of carbonyl (C=O) groups is 1. The highest BCUT2D eigenvalue weighted by Crippen LogP contribution is 2.39. The van der Waals surface area contributed by atoms with Crippen LogP contribution in [-0.4, -0.2) is 38.1 Å². The zero-order valence-corrected chi connectivity index (χ0v) is 21.3. The van der Waals surface area contributed by atoms with Gasteiger partial charge in [0.25, 0.3) is 5.91 Å². The first-order valence-electron chi connectivity index (χ1n) is 11.8. The van der Waals surface area contributed by atoms with E-state index in [1.165, 1.54) is 0 Å². The van der Waals surface area contributed by atoms with Crippen molar-refractivity contribution in [3.63, 3.8) is 0 Å². The van der Waals surface area contributed by atoms with Crippen LogP contribution >= 0.6 is 11.8 Å². The van der Waals surface area contributed by atoms with Gasteiger partial charge in [-0.05, 0) is 62.6 Å². The van der Waals surface area contributed by atoms with E-state index in [0.717, 1.165) is 35.4 Å². The number of unbranched alkanes of at least 4 members (excludes halogenated alkanes) is 1. The summed E-state index contributed by atoms with van der Waals surface area (Å²) in [5.74, 6) is 1.66. The number of amides is 1. The number of aromatic hydroxyl groups is 1. The molecule has 0 saturated heterocycles. The summed E-state index contributed by atoms with van der Waals surface area (Å²) in [6, 6.07) is 12.3. The van der Waals surface area contributed by atoms with Crippen LogP contribution in [0.15, 0.2) is 58.9 Å². The molecule has 1 aliphatic rings. The van der Waals surface area contributed by atoms with E-state index in [0.29, 0.717) is 34.7 Å². The molecular formula is C26H31N5O3S. The quantitative estimate of drug-likeness (QED) is 0.267. The molecule has 4 rings (SSSR count). The number of aryl methyl sites for hydroxylation is 1. The summed E-state index contributed by atoms with van der Waals surface area (Å²) < 4.78 is 7.37. The van der Waals surface area contributed by atoms with Gasteiger partial charge in [0, 0.05) is 17.1 Å². The van der Waals surface area contributed by atoms with E-state index in [1.54, 1.807) is 34.6 Å². The van der Waals surface area contributed by atoms with Crippen LogP contribution in [0.4, 0.5) is 11.6 Å². The van der Waals surface area contributed by atoms with Crippen molar-refractivity contribution in [1.29, 1.82) is 0 Å². The molecule has 184 valence electrons. The topological polar surface area (TPSA) is 101 Å². The summed E-state index contributed by atoms with van der Waals surface area (Å²) in [5.41, 5.74) is 3.74. The minimum atomic E-state index is -0.552. The molecule has 2 heterocycles. The highest BCUT2D eigenvalue weighted by molar-refractivity contribution is 7.99. The maximum Gasteiger partial charge on any atom is 0.255 e. The Labute approximate surface area is 209 Å². The number of hydrogen-bond donors (Lipinski definition) is 3. The van der Waals surface area contributed by atoms with Gasteiger partial charge in [-0.25, -0.2) is 4.68 Å². The molecule has 0 radical (unpaired) electrons. The normalized spacial score (nSPS) is 14.9. The number of ether oxygens (including phenoxy) is 1. The highest BCUT2D eigenvalue weighted by atomic mass is 32.2. The van der Waals surface area contributed by atoms with Gasteiger partial charge in [0.15, 0.2) is 11.5 Å². The molecule has 1 amide bonds. The second-order valence-electron chi connectivity index (χ2n) is 8.41. The third-order valence-electron chi connectivity index (χ3n) is 5.68. The zero-order valence-electron chi connectivity index (χ0n) is 20.5. The molecule has 1 atom stereocenters. The lowest BCUT2D eigenvalue weighted by molar-refractivity contribution is -0.113. The maximum absolute atomic E-state index is 13.6. The minimum Gasteiger partial charge on any atom is -0.504 e. The molecule has 0 aliphatic carbocycles. The number of carbonyl (C=O) groups excluding carboxylic acids is 1.